The molecule has 2 atom stereocenters. The van der Waals surface area contributed by atoms with Crippen molar-refractivity contribution in [1.82, 2.24) is 9.78 Å². The van der Waals surface area contributed by atoms with E-state index in [1.165, 1.54) is 29.7 Å². The number of rotatable bonds is 2. The Kier molecular flexibility index (Phi) is 2.76. The summed E-state index contributed by atoms with van der Waals surface area (Å²) >= 11 is 1.87. The van der Waals surface area contributed by atoms with E-state index < -0.39 is 0 Å². The van der Waals surface area contributed by atoms with Gasteiger partial charge in [0.1, 0.15) is 0 Å². The molecular weight excluding hydrogens is 230 g/mol. The summed E-state index contributed by atoms with van der Waals surface area (Å²) in [5.41, 5.74) is 8.85. The SMILES string of the molecule is Cn1ccc(C(N)C2CCCc3sccc32)n1. The van der Waals surface area contributed by atoms with Gasteiger partial charge in [-0.3, -0.25) is 4.68 Å². The Morgan fingerprint density at radius 1 is 1.53 bits per heavy atom. The molecule has 0 amide bonds. The van der Waals surface area contributed by atoms with E-state index in [0.717, 1.165) is 5.69 Å². The van der Waals surface area contributed by atoms with Crippen molar-refractivity contribution in [2.45, 2.75) is 31.2 Å². The number of thiophene rings is 1. The Bertz CT molecular complexity index is 514. The topological polar surface area (TPSA) is 43.8 Å². The molecule has 0 fully saturated rings. The zero-order chi connectivity index (χ0) is 11.8. The molecule has 2 aromatic rings. The molecule has 0 aromatic carbocycles. The van der Waals surface area contributed by atoms with Gasteiger partial charge in [0, 0.05) is 24.0 Å². The van der Waals surface area contributed by atoms with Gasteiger partial charge in [-0.15, -0.1) is 11.3 Å². The minimum Gasteiger partial charge on any atom is -0.322 e. The van der Waals surface area contributed by atoms with Gasteiger partial charge in [0.15, 0.2) is 0 Å². The van der Waals surface area contributed by atoms with Crippen molar-refractivity contribution in [1.29, 1.82) is 0 Å². The van der Waals surface area contributed by atoms with Gasteiger partial charge in [0.2, 0.25) is 0 Å². The van der Waals surface area contributed by atoms with Gasteiger partial charge >= 0.3 is 0 Å². The number of hydrogen-bond donors (Lipinski definition) is 1. The number of aromatic nitrogens is 2. The Labute approximate surface area is 105 Å². The highest BCUT2D eigenvalue weighted by Crippen LogP contribution is 2.40. The van der Waals surface area contributed by atoms with E-state index >= 15 is 0 Å². The van der Waals surface area contributed by atoms with Crippen LogP contribution in [0.4, 0.5) is 0 Å². The first kappa shape index (κ1) is 11.0. The molecule has 2 unspecified atom stereocenters. The van der Waals surface area contributed by atoms with Crippen LogP contribution in [0.15, 0.2) is 23.7 Å². The quantitative estimate of drug-likeness (QED) is 0.886. The van der Waals surface area contributed by atoms with E-state index in [-0.39, 0.29) is 6.04 Å². The summed E-state index contributed by atoms with van der Waals surface area (Å²) in [5.74, 6) is 0.444. The zero-order valence-electron chi connectivity index (χ0n) is 9.97. The Morgan fingerprint density at radius 2 is 2.41 bits per heavy atom. The minimum atomic E-state index is 0.0323. The molecule has 17 heavy (non-hydrogen) atoms. The predicted octanol–water partition coefficient (Wildman–Crippen LogP) is 2.60. The first-order valence-corrected chi connectivity index (χ1v) is 6.95. The fourth-order valence-electron chi connectivity index (χ4n) is 2.71. The van der Waals surface area contributed by atoms with Crippen LogP contribution in [0.3, 0.4) is 0 Å². The van der Waals surface area contributed by atoms with Crippen molar-refractivity contribution in [2.75, 3.05) is 0 Å². The van der Waals surface area contributed by atoms with E-state index in [4.69, 9.17) is 5.73 Å². The average Bonchev–Trinajstić information content (AvgIpc) is 2.95. The van der Waals surface area contributed by atoms with Gasteiger partial charge in [-0.1, -0.05) is 0 Å². The fraction of sp³-hybridized carbons (Fsp3) is 0.462. The summed E-state index contributed by atoms with van der Waals surface area (Å²) in [7, 11) is 1.94. The van der Waals surface area contributed by atoms with Crippen LogP contribution in [-0.4, -0.2) is 9.78 Å². The van der Waals surface area contributed by atoms with Crippen LogP contribution in [0.25, 0.3) is 0 Å². The standard InChI is InChI=1S/C13H17N3S/c1-16-7-5-11(15-16)13(14)10-3-2-4-12-9(10)6-8-17-12/h5-8,10,13H,2-4,14H2,1H3. The molecule has 2 aromatic heterocycles. The highest BCUT2D eigenvalue weighted by atomic mass is 32.1. The van der Waals surface area contributed by atoms with Gasteiger partial charge in [0.25, 0.3) is 0 Å². The molecule has 0 saturated heterocycles. The van der Waals surface area contributed by atoms with Crippen molar-refractivity contribution >= 4 is 11.3 Å². The average molecular weight is 247 g/mol. The maximum Gasteiger partial charge on any atom is 0.0797 e. The number of aryl methyl sites for hydroxylation is 2. The van der Waals surface area contributed by atoms with E-state index in [1.807, 2.05) is 35.3 Å². The van der Waals surface area contributed by atoms with E-state index in [0.29, 0.717) is 5.92 Å². The van der Waals surface area contributed by atoms with Gasteiger partial charge in [-0.2, -0.15) is 5.10 Å². The van der Waals surface area contributed by atoms with E-state index in [1.54, 1.807) is 0 Å². The molecule has 0 saturated carbocycles. The van der Waals surface area contributed by atoms with Gasteiger partial charge in [-0.05, 0) is 42.3 Å². The number of fused-ring (bicyclic) bond motifs is 1. The highest BCUT2D eigenvalue weighted by Gasteiger charge is 2.28. The number of nitrogens with two attached hydrogens (primary N) is 1. The van der Waals surface area contributed by atoms with Crippen LogP contribution < -0.4 is 5.73 Å². The Balaban J connectivity index is 1.91. The van der Waals surface area contributed by atoms with Gasteiger partial charge in [-0.25, -0.2) is 0 Å². The lowest BCUT2D eigenvalue weighted by atomic mass is 9.82. The highest BCUT2D eigenvalue weighted by molar-refractivity contribution is 7.10. The second-order valence-electron chi connectivity index (χ2n) is 4.74. The number of hydrogen-bond acceptors (Lipinski definition) is 3. The summed E-state index contributed by atoms with van der Waals surface area (Å²) in [6, 6.07) is 4.31. The Hall–Kier alpha value is -1.13. The minimum absolute atomic E-state index is 0.0323. The molecule has 1 aliphatic carbocycles. The van der Waals surface area contributed by atoms with Crippen LogP contribution in [-0.2, 0) is 13.5 Å². The summed E-state index contributed by atoms with van der Waals surface area (Å²) in [4.78, 5) is 1.52. The van der Waals surface area contributed by atoms with Crippen LogP contribution >= 0.6 is 11.3 Å². The lowest BCUT2D eigenvalue weighted by Gasteiger charge is -2.27. The van der Waals surface area contributed by atoms with E-state index in [2.05, 4.69) is 16.5 Å². The second-order valence-corrected chi connectivity index (χ2v) is 5.74. The first-order valence-electron chi connectivity index (χ1n) is 6.07. The molecular formula is C13H17N3S. The predicted molar refractivity (Wildman–Crippen MR) is 70.1 cm³/mol. The molecule has 2 N–H and O–H groups in total. The Morgan fingerprint density at radius 3 is 3.18 bits per heavy atom. The lowest BCUT2D eigenvalue weighted by molar-refractivity contribution is 0.468. The van der Waals surface area contributed by atoms with Crippen molar-refractivity contribution in [3.63, 3.8) is 0 Å². The van der Waals surface area contributed by atoms with Crippen LogP contribution in [0, 0.1) is 0 Å². The second kappa shape index (κ2) is 4.27. The molecule has 2 heterocycles. The number of nitrogens with zero attached hydrogens (tertiary/aromatic N) is 2. The third kappa shape index (κ3) is 1.91. The van der Waals surface area contributed by atoms with Crippen molar-refractivity contribution in [3.05, 3.63) is 39.8 Å². The largest absolute Gasteiger partial charge is 0.322 e. The third-order valence-electron chi connectivity index (χ3n) is 3.61. The van der Waals surface area contributed by atoms with Crippen LogP contribution in [0.1, 0.15) is 40.9 Å². The van der Waals surface area contributed by atoms with Crippen molar-refractivity contribution < 1.29 is 0 Å². The molecule has 3 rings (SSSR count). The summed E-state index contributed by atoms with van der Waals surface area (Å²) in [5, 5.41) is 6.63. The van der Waals surface area contributed by atoms with Crippen molar-refractivity contribution in [3.8, 4) is 0 Å². The molecule has 90 valence electrons. The van der Waals surface area contributed by atoms with Crippen LogP contribution in [0.2, 0.25) is 0 Å². The first-order chi connectivity index (χ1) is 8.25. The summed E-state index contributed by atoms with van der Waals surface area (Å²) in [6.07, 6.45) is 5.62. The molecule has 0 spiro atoms. The molecule has 0 bridgehead atoms. The summed E-state index contributed by atoms with van der Waals surface area (Å²) in [6.45, 7) is 0. The maximum absolute atomic E-state index is 6.39. The van der Waals surface area contributed by atoms with E-state index in [9.17, 15) is 0 Å². The molecule has 0 radical (unpaired) electrons. The lowest BCUT2D eigenvalue weighted by Crippen LogP contribution is -2.23. The van der Waals surface area contributed by atoms with Gasteiger partial charge in [0.05, 0.1) is 11.7 Å². The summed E-state index contributed by atoms with van der Waals surface area (Å²) < 4.78 is 1.83. The molecule has 1 aliphatic rings. The van der Waals surface area contributed by atoms with Gasteiger partial charge < -0.3 is 5.73 Å². The maximum atomic E-state index is 6.39. The normalized spacial score (nSPS) is 21.2. The van der Waals surface area contributed by atoms with Crippen molar-refractivity contribution in [2.24, 2.45) is 12.8 Å². The zero-order valence-corrected chi connectivity index (χ0v) is 10.8. The molecule has 3 nitrogen and oxygen atoms in total. The molecule has 0 aliphatic heterocycles. The van der Waals surface area contributed by atoms with Crippen LogP contribution in [0.5, 0.6) is 0 Å². The fourth-order valence-corrected chi connectivity index (χ4v) is 3.71. The third-order valence-corrected chi connectivity index (χ3v) is 4.60. The molecule has 4 heteroatoms. The monoisotopic (exact) mass is 247 g/mol. The smallest absolute Gasteiger partial charge is 0.0797 e.